The number of anilines is 1. The predicted molar refractivity (Wildman–Crippen MR) is 118 cm³/mol. The molecule has 1 fully saturated rings. The zero-order valence-electron chi connectivity index (χ0n) is 17.8. The van der Waals surface area contributed by atoms with Crippen molar-refractivity contribution in [3.8, 4) is 5.75 Å². The minimum absolute atomic E-state index is 0.0235. The lowest BCUT2D eigenvalue weighted by Gasteiger charge is -2.44. The molecule has 2 rings (SSSR count). The number of nitrogens with one attached hydrogen (secondary N) is 1. The van der Waals surface area contributed by atoms with E-state index in [1.165, 1.54) is 6.07 Å². The van der Waals surface area contributed by atoms with Crippen LogP contribution in [-0.4, -0.2) is 62.5 Å². The van der Waals surface area contributed by atoms with Crippen LogP contribution in [0.25, 0.3) is 0 Å². The molecule has 0 saturated carbocycles. The standard InChI is InChI=1S/C21H26F3N3O4S/c1-5-7-16(6-2)20(3,4)27-12-10-26(11-13-27)19(28)15-8-9-17(25-32(29)30)18(14-15)31-21(22,23)24/h5-9,14,25H,1-2,10-13H2,3-4H3,(H,29,30)/b16-7+. The maximum Gasteiger partial charge on any atom is 0.573 e. The second-order valence-electron chi connectivity index (χ2n) is 7.51. The molecule has 1 aromatic rings. The largest absolute Gasteiger partial charge is 0.573 e. The fourth-order valence-corrected chi connectivity index (χ4v) is 3.88. The van der Waals surface area contributed by atoms with E-state index in [-0.39, 0.29) is 16.8 Å². The van der Waals surface area contributed by atoms with E-state index in [1.807, 2.05) is 24.6 Å². The molecule has 0 radical (unpaired) electrons. The van der Waals surface area contributed by atoms with Gasteiger partial charge in [-0.05, 0) is 37.6 Å². The lowest BCUT2D eigenvalue weighted by molar-refractivity contribution is -0.274. The molecule has 1 atom stereocenters. The first kappa shape index (κ1) is 25.6. The van der Waals surface area contributed by atoms with E-state index in [1.54, 1.807) is 17.1 Å². The van der Waals surface area contributed by atoms with Gasteiger partial charge in [-0.15, -0.1) is 13.2 Å². The van der Waals surface area contributed by atoms with Gasteiger partial charge in [0.05, 0.1) is 5.69 Å². The fourth-order valence-electron chi connectivity index (χ4n) is 3.53. The first-order valence-corrected chi connectivity index (χ1v) is 10.8. The Morgan fingerprint density at radius 3 is 2.34 bits per heavy atom. The molecule has 7 nitrogen and oxygen atoms in total. The number of hydrogen-bond acceptors (Lipinski definition) is 4. The van der Waals surface area contributed by atoms with Crippen LogP contribution in [0.4, 0.5) is 18.9 Å². The van der Waals surface area contributed by atoms with Gasteiger partial charge in [-0.25, -0.2) is 4.21 Å². The average molecular weight is 474 g/mol. The minimum Gasteiger partial charge on any atom is -0.404 e. The van der Waals surface area contributed by atoms with Crippen LogP contribution < -0.4 is 9.46 Å². The van der Waals surface area contributed by atoms with E-state index in [2.05, 4.69) is 22.8 Å². The van der Waals surface area contributed by atoms with Crippen molar-refractivity contribution in [1.29, 1.82) is 0 Å². The molecule has 1 aliphatic heterocycles. The number of benzene rings is 1. The quantitative estimate of drug-likeness (QED) is 0.441. The third kappa shape index (κ3) is 6.44. The zero-order chi connectivity index (χ0) is 24.1. The highest BCUT2D eigenvalue weighted by Crippen LogP contribution is 2.32. The molecule has 32 heavy (non-hydrogen) atoms. The molecule has 176 valence electrons. The van der Waals surface area contributed by atoms with Crippen molar-refractivity contribution in [2.24, 2.45) is 0 Å². The Kier molecular flexibility index (Phi) is 8.27. The Labute approximate surface area is 187 Å². The van der Waals surface area contributed by atoms with Crippen LogP contribution in [0, 0.1) is 0 Å². The van der Waals surface area contributed by atoms with E-state index < -0.39 is 29.3 Å². The van der Waals surface area contributed by atoms with Crippen molar-refractivity contribution >= 4 is 22.9 Å². The number of halogens is 3. The molecule has 0 aromatic heterocycles. The van der Waals surface area contributed by atoms with Crippen molar-refractivity contribution in [3.05, 3.63) is 60.7 Å². The highest BCUT2D eigenvalue weighted by Gasteiger charge is 2.35. The molecule has 1 heterocycles. The highest BCUT2D eigenvalue weighted by molar-refractivity contribution is 7.80. The van der Waals surface area contributed by atoms with Gasteiger partial charge in [0.2, 0.25) is 0 Å². The number of carbonyl (C=O) groups excluding carboxylic acids is 1. The van der Waals surface area contributed by atoms with E-state index in [4.69, 9.17) is 4.55 Å². The summed E-state index contributed by atoms with van der Waals surface area (Å²) in [5, 5.41) is 0. The molecule has 0 aliphatic carbocycles. The Hall–Kier alpha value is -2.63. The third-order valence-corrected chi connectivity index (χ3v) is 5.63. The second kappa shape index (κ2) is 10.3. The molecule has 2 N–H and O–H groups in total. The zero-order valence-corrected chi connectivity index (χ0v) is 18.6. The summed E-state index contributed by atoms with van der Waals surface area (Å²) in [7, 11) is 0. The third-order valence-electron chi connectivity index (χ3n) is 5.23. The molecule has 0 spiro atoms. The number of carbonyl (C=O) groups is 1. The van der Waals surface area contributed by atoms with E-state index >= 15 is 0 Å². The number of alkyl halides is 3. The summed E-state index contributed by atoms with van der Waals surface area (Å²) < 4.78 is 64.0. The van der Waals surface area contributed by atoms with Crippen LogP contribution in [0.15, 0.2) is 55.2 Å². The Morgan fingerprint density at radius 2 is 1.84 bits per heavy atom. The highest BCUT2D eigenvalue weighted by atomic mass is 32.2. The van der Waals surface area contributed by atoms with Crippen molar-refractivity contribution in [3.63, 3.8) is 0 Å². The molecule has 1 unspecified atom stereocenters. The summed E-state index contributed by atoms with van der Waals surface area (Å²) in [6, 6.07) is 3.28. The lowest BCUT2D eigenvalue weighted by Crippen LogP contribution is -2.56. The van der Waals surface area contributed by atoms with Crippen LogP contribution in [0.1, 0.15) is 24.2 Å². The summed E-state index contributed by atoms with van der Waals surface area (Å²) in [4.78, 5) is 16.6. The number of piperazine rings is 1. The molecule has 1 saturated heterocycles. The van der Waals surface area contributed by atoms with Gasteiger partial charge in [0.25, 0.3) is 17.2 Å². The van der Waals surface area contributed by atoms with Gasteiger partial charge in [0.1, 0.15) is 0 Å². The topological polar surface area (TPSA) is 82.1 Å². The number of nitrogens with zero attached hydrogens (tertiary/aromatic N) is 2. The molecular formula is C21H26F3N3O4S. The minimum atomic E-state index is -5.03. The maximum atomic E-state index is 12.9. The Balaban J connectivity index is 2.18. The monoisotopic (exact) mass is 473 g/mol. The summed E-state index contributed by atoms with van der Waals surface area (Å²) in [6.07, 6.45) is 0.288. The van der Waals surface area contributed by atoms with Gasteiger partial charge in [0, 0.05) is 37.3 Å². The predicted octanol–water partition coefficient (Wildman–Crippen LogP) is 3.97. The van der Waals surface area contributed by atoms with Gasteiger partial charge in [-0.3, -0.25) is 19.0 Å². The van der Waals surface area contributed by atoms with Gasteiger partial charge in [0.15, 0.2) is 5.75 Å². The van der Waals surface area contributed by atoms with Crippen LogP contribution >= 0.6 is 0 Å². The fraction of sp³-hybridized carbons (Fsp3) is 0.381. The number of amides is 1. The van der Waals surface area contributed by atoms with Crippen molar-refractivity contribution < 1.29 is 31.5 Å². The molecule has 11 heteroatoms. The van der Waals surface area contributed by atoms with E-state index in [0.29, 0.717) is 26.2 Å². The average Bonchev–Trinajstić information content (AvgIpc) is 2.71. The van der Waals surface area contributed by atoms with Crippen molar-refractivity contribution in [2.45, 2.75) is 25.7 Å². The maximum absolute atomic E-state index is 12.9. The first-order chi connectivity index (χ1) is 14.9. The SMILES string of the molecule is C=C/C=C(\C=C)C(C)(C)N1CCN(C(=O)c2ccc(NS(=O)O)c(OC(F)(F)F)c2)CC1. The smallest absolute Gasteiger partial charge is 0.404 e. The summed E-state index contributed by atoms with van der Waals surface area (Å²) in [5.74, 6) is -1.23. The Morgan fingerprint density at radius 1 is 1.22 bits per heavy atom. The number of ether oxygens (including phenoxy) is 1. The van der Waals surface area contributed by atoms with Crippen molar-refractivity contribution in [1.82, 2.24) is 9.80 Å². The molecular weight excluding hydrogens is 447 g/mol. The molecule has 1 aromatic carbocycles. The van der Waals surface area contributed by atoms with Crippen molar-refractivity contribution in [2.75, 3.05) is 30.9 Å². The van der Waals surface area contributed by atoms with Crippen LogP contribution in [0.5, 0.6) is 5.75 Å². The second-order valence-corrected chi connectivity index (χ2v) is 8.21. The van der Waals surface area contributed by atoms with Gasteiger partial charge in [-0.2, -0.15) is 0 Å². The lowest BCUT2D eigenvalue weighted by atomic mass is 9.90. The Bertz CT molecular complexity index is 923. The van der Waals surface area contributed by atoms with Gasteiger partial charge >= 0.3 is 6.36 Å². The summed E-state index contributed by atoms with van der Waals surface area (Å²) in [6.45, 7) is 13.5. The molecule has 1 amide bonds. The molecule has 0 bridgehead atoms. The first-order valence-electron chi connectivity index (χ1n) is 9.66. The molecule has 1 aliphatic rings. The van der Waals surface area contributed by atoms with Crippen LogP contribution in [0.3, 0.4) is 0 Å². The van der Waals surface area contributed by atoms with E-state index in [0.717, 1.165) is 17.7 Å². The van der Waals surface area contributed by atoms with Crippen LogP contribution in [0.2, 0.25) is 0 Å². The number of allylic oxidation sites excluding steroid dienone is 2. The van der Waals surface area contributed by atoms with Gasteiger partial charge < -0.3 is 9.64 Å². The summed E-state index contributed by atoms with van der Waals surface area (Å²) >= 11 is -2.61. The van der Waals surface area contributed by atoms with E-state index in [9.17, 15) is 22.2 Å². The number of rotatable bonds is 8. The van der Waals surface area contributed by atoms with Gasteiger partial charge in [-0.1, -0.05) is 31.4 Å². The normalized spacial score (nSPS) is 16.9. The number of hydrogen-bond donors (Lipinski definition) is 2. The summed E-state index contributed by atoms with van der Waals surface area (Å²) in [5.41, 5.74) is 0.249. The van der Waals surface area contributed by atoms with Crippen LogP contribution in [-0.2, 0) is 11.3 Å².